The molecule has 17 heavy (non-hydrogen) atoms. The summed E-state index contributed by atoms with van der Waals surface area (Å²) in [6.45, 7) is 6.55. The fourth-order valence-corrected chi connectivity index (χ4v) is 2.36. The highest BCUT2D eigenvalue weighted by Crippen LogP contribution is 2.21. The van der Waals surface area contributed by atoms with Crippen molar-refractivity contribution in [3.05, 3.63) is 24.0 Å². The Kier molecular flexibility index (Phi) is 3.64. The molecule has 0 saturated carbocycles. The monoisotopic (exact) mass is 235 g/mol. The molecule has 2 heterocycles. The Morgan fingerprint density at radius 3 is 2.59 bits per heavy atom. The number of likely N-dealkylation sites (N-methyl/N-ethyl adjacent to an activating group) is 1. The van der Waals surface area contributed by atoms with Crippen molar-refractivity contribution in [1.82, 2.24) is 9.88 Å². The molecule has 1 aliphatic rings. The molecule has 1 aromatic heterocycles. The van der Waals surface area contributed by atoms with E-state index in [0.717, 1.165) is 24.5 Å². The molecule has 0 radical (unpaired) electrons. The van der Waals surface area contributed by atoms with E-state index >= 15 is 0 Å². The highest BCUT2D eigenvalue weighted by atomic mass is 16.3. The lowest BCUT2D eigenvalue weighted by molar-refractivity contribution is 0.170. The molecular formula is C13H21N3O. The molecule has 4 heteroatoms. The van der Waals surface area contributed by atoms with Crippen LogP contribution in [0.2, 0.25) is 0 Å². The summed E-state index contributed by atoms with van der Waals surface area (Å²) in [5.74, 6) is 0. The van der Waals surface area contributed by atoms with Gasteiger partial charge in [0.05, 0.1) is 12.3 Å². The first-order chi connectivity index (χ1) is 8.11. The van der Waals surface area contributed by atoms with E-state index in [4.69, 9.17) is 5.11 Å². The number of piperazine rings is 1. The molecule has 94 valence electrons. The van der Waals surface area contributed by atoms with Gasteiger partial charge in [-0.25, -0.2) is 0 Å². The maximum absolute atomic E-state index is 9.12. The highest BCUT2D eigenvalue weighted by Gasteiger charge is 2.26. The Morgan fingerprint density at radius 1 is 1.35 bits per heavy atom. The van der Waals surface area contributed by atoms with Crippen molar-refractivity contribution in [1.29, 1.82) is 0 Å². The highest BCUT2D eigenvalue weighted by molar-refractivity contribution is 5.47. The average Bonchev–Trinajstić information content (AvgIpc) is 2.35. The minimum absolute atomic E-state index is 0.00664. The number of aromatic nitrogens is 1. The van der Waals surface area contributed by atoms with Crippen LogP contribution in [0.15, 0.2) is 18.3 Å². The van der Waals surface area contributed by atoms with Gasteiger partial charge in [0.15, 0.2) is 0 Å². The second kappa shape index (κ2) is 5.02. The van der Waals surface area contributed by atoms with Crippen molar-refractivity contribution in [2.45, 2.75) is 32.5 Å². The number of pyridine rings is 1. The second-order valence-corrected chi connectivity index (χ2v) is 4.93. The predicted molar refractivity (Wildman–Crippen MR) is 69.1 cm³/mol. The topological polar surface area (TPSA) is 39.6 Å². The quantitative estimate of drug-likeness (QED) is 0.833. The van der Waals surface area contributed by atoms with E-state index in [1.165, 1.54) is 0 Å². The zero-order valence-electron chi connectivity index (χ0n) is 10.8. The van der Waals surface area contributed by atoms with E-state index < -0.39 is 0 Å². The third-order valence-corrected chi connectivity index (χ3v) is 3.69. The fourth-order valence-electron chi connectivity index (χ4n) is 2.36. The van der Waals surface area contributed by atoms with Crippen LogP contribution in [0.25, 0.3) is 0 Å². The summed E-state index contributed by atoms with van der Waals surface area (Å²) in [6.07, 6.45) is 1.77. The lowest BCUT2D eigenvalue weighted by atomic mass is 10.1. The molecule has 1 aliphatic heterocycles. The van der Waals surface area contributed by atoms with Gasteiger partial charge >= 0.3 is 0 Å². The van der Waals surface area contributed by atoms with E-state index in [1.807, 2.05) is 12.1 Å². The largest absolute Gasteiger partial charge is 0.390 e. The zero-order chi connectivity index (χ0) is 12.4. The molecule has 0 amide bonds. The molecule has 0 bridgehead atoms. The zero-order valence-corrected chi connectivity index (χ0v) is 10.8. The maximum atomic E-state index is 9.12. The summed E-state index contributed by atoms with van der Waals surface area (Å²) >= 11 is 0. The fraction of sp³-hybridized carbons (Fsp3) is 0.615. The van der Waals surface area contributed by atoms with Crippen molar-refractivity contribution >= 4 is 5.69 Å². The van der Waals surface area contributed by atoms with Crippen molar-refractivity contribution in [2.24, 2.45) is 0 Å². The summed E-state index contributed by atoms with van der Waals surface area (Å²) in [7, 11) is 2.18. The molecule has 0 spiro atoms. The summed E-state index contributed by atoms with van der Waals surface area (Å²) in [5, 5.41) is 9.12. The van der Waals surface area contributed by atoms with Gasteiger partial charge in [0.2, 0.25) is 0 Å². The first kappa shape index (κ1) is 12.3. The van der Waals surface area contributed by atoms with Crippen LogP contribution in [0, 0.1) is 0 Å². The standard InChI is InChI=1S/C13H21N3O/c1-10-7-16(8-11(2)15(10)3)13-4-5-14-12(6-13)9-17/h4-6,10-11,17H,7-9H2,1-3H3. The third kappa shape index (κ3) is 2.58. The first-order valence-corrected chi connectivity index (χ1v) is 6.14. The van der Waals surface area contributed by atoms with Crippen LogP contribution >= 0.6 is 0 Å². The first-order valence-electron chi connectivity index (χ1n) is 6.14. The van der Waals surface area contributed by atoms with Crippen molar-refractivity contribution in [2.75, 3.05) is 25.0 Å². The molecule has 0 aliphatic carbocycles. The van der Waals surface area contributed by atoms with Crippen LogP contribution < -0.4 is 4.90 Å². The van der Waals surface area contributed by atoms with E-state index in [2.05, 4.69) is 35.7 Å². The Balaban J connectivity index is 2.16. The third-order valence-electron chi connectivity index (χ3n) is 3.69. The lowest BCUT2D eigenvalue weighted by Gasteiger charge is -2.43. The van der Waals surface area contributed by atoms with Crippen LogP contribution in [0.5, 0.6) is 0 Å². The van der Waals surface area contributed by atoms with Gasteiger partial charge in [0.25, 0.3) is 0 Å². The van der Waals surface area contributed by atoms with Crippen LogP contribution in [0.4, 0.5) is 5.69 Å². The molecule has 1 fully saturated rings. The van der Waals surface area contributed by atoms with Crippen LogP contribution in [0.1, 0.15) is 19.5 Å². The maximum Gasteiger partial charge on any atom is 0.0853 e. The van der Waals surface area contributed by atoms with Crippen LogP contribution in [-0.2, 0) is 6.61 Å². The molecule has 1 N–H and O–H groups in total. The number of hydrogen-bond acceptors (Lipinski definition) is 4. The molecule has 1 aromatic rings. The van der Waals surface area contributed by atoms with E-state index in [9.17, 15) is 0 Å². The minimum Gasteiger partial charge on any atom is -0.390 e. The summed E-state index contributed by atoms with van der Waals surface area (Å²) in [6, 6.07) is 5.09. The number of aliphatic hydroxyl groups is 1. The number of aliphatic hydroxyl groups excluding tert-OH is 1. The molecule has 0 aromatic carbocycles. The van der Waals surface area contributed by atoms with Gasteiger partial charge in [-0.2, -0.15) is 0 Å². The molecule has 2 rings (SSSR count). The van der Waals surface area contributed by atoms with Gasteiger partial charge in [0, 0.05) is 37.1 Å². The van der Waals surface area contributed by atoms with Gasteiger partial charge < -0.3 is 10.0 Å². The van der Waals surface area contributed by atoms with E-state index in [1.54, 1.807) is 6.20 Å². The molecule has 1 saturated heterocycles. The molecule has 4 nitrogen and oxygen atoms in total. The summed E-state index contributed by atoms with van der Waals surface area (Å²) < 4.78 is 0. The van der Waals surface area contributed by atoms with Crippen molar-refractivity contribution in [3.8, 4) is 0 Å². The number of anilines is 1. The van der Waals surface area contributed by atoms with Crippen LogP contribution in [-0.4, -0.2) is 47.2 Å². The average molecular weight is 235 g/mol. The van der Waals surface area contributed by atoms with E-state index in [0.29, 0.717) is 12.1 Å². The van der Waals surface area contributed by atoms with Crippen LogP contribution in [0.3, 0.4) is 0 Å². The van der Waals surface area contributed by atoms with Gasteiger partial charge in [-0.05, 0) is 33.0 Å². The number of nitrogens with zero attached hydrogens (tertiary/aromatic N) is 3. The lowest BCUT2D eigenvalue weighted by Crippen LogP contribution is -2.55. The van der Waals surface area contributed by atoms with Gasteiger partial charge in [-0.1, -0.05) is 0 Å². The number of hydrogen-bond donors (Lipinski definition) is 1. The van der Waals surface area contributed by atoms with Crippen molar-refractivity contribution < 1.29 is 5.11 Å². The van der Waals surface area contributed by atoms with Gasteiger partial charge in [-0.3, -0.25) is 9.88 Å². The summed E-state index contributed by atoms with van der Waals surface area (Å²) in [5.41, 5.74) is 1.90. The second-order valence-electron chi connectivity index (χ2n) is 4.93. The number of rotatable bonds is 2. The molecular weight excluding hydrogens is 214 g/mol. The molecule has 2 unspecified atom stereocenters. The smallest absolute Gasteiger partial charge is 0.0853 e. The Hall–Kier alpha value is -1.13. The normalized spacial score (nSPS) is 26.2. The SMILES string of the molecule is CC1CN(c2ccnc(CO)c2)CC(C)N1C. The van der Waals surface area contributed by atoms with Crippen molar-refractivity contribution in [3.63, 3.8) is 0 Å². The Morgan fingerprint density at radius 2 is 2.00 bits per heavy atom. The Labute approximate surface area is 103 Å². The molecule has 2 atom stereocenters. The van der Waals surface area contributed by atoms with Gasteiger partial charge in [0.1, 0.15) is 0 Å². The predicted octanol–water partition coefficient (Wildman–Crippen LogP) is 1.10. The van der Waals surface area contributed by atoms with E-state index in [-0.39, 0.29) is 6.61 Å². The Bertz CT molecular complexity index is 371. The minimum atomic E-state index is 0.00664. The summed E-state index contributed by atoms with van der Waals surface area (Å²) in [4.78, 5) is 8.90. The van der Waals surface area contributed by atoms with Gasteiger partial charge in [-0.15, -0.1) is 0 Å².